The van der Waals surface area contributed by atoms with Crippen LogP contribution in [0.25, 0.3) is 0 Å². The van der Waals surface area contributed by atoms with Gasteiger partial charge in [0.05, 0.1) is 12.6 Å². The zero-order valence-electron chi connectivity index (χ0n) is 12.0. The number of methoxy groups -OCH3 is 1. The Morgan fingerprint density at radius 1 is 1.40 bits per heavy atom. The number of nitrogens with two attached hydrogens (primary N) is 1. The molecule has 7 nitrogen and oxygen atoms in total. The summed E-state index contributed by atoms with van der Waals surface area (Å²) in [6, 6.07) is 0.0104. The molecule has 1 saturated carbocycles. The van der Waals surface area contributed by atoms with Crippen LogP contribution in [-0.2, 0) is 4.74 Å². The highest BCUT2D eigenvalue weighted by Gasteiger charge is 2.28. The number of aromatic nitrogens is 2. The summed E-state index contributed by atoms with van der Waals surface area (Å²) in [7, 11) is 1.64. The molecular weight excluding hydrogens is 258 g/mol. The highest BCUT2D eigenvalue weighted by Crippen LogP contribution is 2.39. The predicted octanol–water partition coefficient (Wildman–Crippen LogP) is 0.757. The summed E-state index contributed by atoms with van der Waals surface area (Å²) in [5.74, 6) is 8.19. The monoisotopic (exact) mass is 281 g/mol. The van der Waals surface area contributed by atoms with Gasteiger partial charge in [-0.2, -0.15) is 0 Å². The topological polar surface area (TPSA) is 105 Å². The molecule has 0 amide bonds. The molecule has 0 bridgehead atoms. The SMILES string of the molecule is COCC(CCO)Nc1nc(C2CC2)nc(NN)c1C. The molecular formula is C13H23N5O2. The maximum absolute atomic E-state index is 9.10. The molecule has 0 radical (unpaired) electrons. The molecule has 1 aliphatic carbocycles. The van der Waals surface area contributed by atoms with E-state index in [2.05, 4.69) is 20.7 Å². The Morgan fingerprint density at radius 2 is 2.10 bits per heavy atom. The van der Waals surface area contributed by atoms with Crippen molar-refractivity contribution in [2.24, 2.45) is 5.84 Å². The van der Waals surface area contributed by atoms with E-state index in [1.54, 1.807) is 7.11 Å². The second-order valence-electron chi connectivity index (χ2n) is 5.13. The minimum absolute atomic E-state index is 0.0104. The molecule has 0 aromatic carbocycles. The van der Waals surface area contributed by atoms with Crippen molar-refractivity contribution < 1.29 is 9.84 Å². The fraction of sp³-hybridized carbons (Fsp3) is 0.692. The number of hydrogen-bond donors (Lipinski definition) is 4. The van der Waals surface area contributed by atoms with Gasteiger partial charge in [0.2, 0.25) is 0 Å². The average Bonchev–Trinajstić information content (AvgIpc) is 3.26. The Kier molecular flexibility index (Phi) is 5.11. The number of hydrogen-bond acceptors (Lipinski definition) is 7. The zero-order valence-corrected chi connectivity index (χ0v) is 12.0. The van der Waals surface area contributed by atoms with Crippen LogP contribution in [0, 0.1) is 6.92 Å². The van der Waals surface area contributed by atoms with E-state index in [4.69, 9.17) is 15.7 Å². The van der Waals surface area contributed by atoms with Crippen molar-refractivity contribution in [1.29, 1.82) is 0 Å². The fourth-order valence-corrected chi connectivity index (χ4v) is 2.09. The molecule has 0 spiro atoms. The summed E-state index contributed by atoms with van der Waals surface area (Å²) in [5.41, 5.74) is 3.50. The highest BCUT2D eigenvalue weighted by molar-refractivity contribution is 5.57. The number of nitrogens with zero attached hydrogens (tertiary/aromatic N) is 2. The molecule has 1 aromatic heterocycles. The van der Waals surface area contributed by atoms with E-state index in [0.717, 1.165) is 30.0 Å². The summed E-state index contributed by atoms with van der Waals surface area (Å²) in [5, 5.41) is 12.4. The molecule has 0 saturated heterocycles. The van der Waals surface area contributed by atoms with Gasteiger partial charge in [-0.15, -0.1) is 0 Å². The van der Waals surface area contributed by atoms with E-state index in [9.17, 15) is 0 Å². The highest BCUT2D eigenvalue weighted by atomic mass is 16.5. The van der Waals surface area contributed by atoms with Crippen LogP contribution in [0.4, 0.5) is 11.6 Å². The van der Waals surface area contributed by atoms with Gasteiger partial charge in [0.15, 0.2) is 0 Å². The van der Waals surface area contributed by atoms with E-state index in [-0.39, 0.29) is 12.6 Å². The molecule has 1 atom stereocenters. The lowest BCUT2D eigenvalue weighted by molar-refractivity contribution is 0.170. The minimum Gasteiger partial charge on any atom is -0.396 e. The summed E-state index contributed by atoms with van der Waals surface area (Å²) in [4.78, 5) is 9.04. The number of nitrogens with one attached hydrogen (secondary N) is 2. The van der Waals surface area contributed by atoms with Crippen molar-refractivity contribution in [1.82, 2.24) is 9.97 Å². The van der Waals surface area contributed by atoms with Crippen LogP contribution in [0.3, 0.4) is 0 Å². The predicted molar refractivity (Wildman–Crippen MR) is 77.5 cm³/mol. The Balaban J connectivity index is 2.21. The van der Waals surface area contributed by atoms with Crippen LogP contribution < -0.4 is 16.6 Å². The van der Waals surface area contributed by atoms with Crippen LogP contribution in [0.2, 0.25) is 0 Å². The van der Waals surface area contributed by atoms with Crippen molar-refractivity contribution in [2.75, 3.05) is 31.1 Å². The molecule has 1 heterocycles. The van der Waals surface area contributed by atoms with Crippen molar-refractivity contribution >= 4 is 11.6 Å². The van der Waals surface area contributed by atoms with E-state index in [0.29, 0.717) is 24.8 Å². The number of anilines is 2. The minimum atomic E-state index is 0.0104. The molecule has 7 heteroatoms. The Bertz CT molecular complexity index is 445. The number of aliphatic hydroxyl groups excluding tert-OH is 1. The van der Waals surface area contributed by atoms with Crippen LogP contribution in [0.15, 0.2) is 0 Å². The Morgan fingerprint density at radius 3 is 2.65 bits per heavy atom. The lowest BCUT2D eigenvalue weighted by Gasteiger charge is -2.20. The normalized spacial score (nSPS) is 16.0. The number of ether oxygens (including phenoxy) is 1. The molecule has 5 N–H and O–H groups in total. The molecule has 1 aliphatic rings. The fourth-order valence-electron chi connectivity index (χ4n) is 2.09. The van der Waals surface area contributed by atoms with Crippen molar-refractivity contribution in [2.45, 2.75) is 38.1 Å². The maximum atomic E-state index is 9.10. The second kappa shape index (κ2) is 6.83. The molecule has 20 heavy (non-hydrogen) atoms. The lowest BCUT2D eigenvalue weighted by Crippen LogP contribution is -2.28. The first-order valence-corrected chi connectivity index (χ1v) is 6.91. The van der Waals surface area contributed by atoms with Gasteiger partial charge in [-0.25, -0.2) is 15.8 Å². The zero-order chi connectivity index (χ0) is 14.5. The molecule has 112 valence electrons. The van der Waals surface area contributed by atoms with Gasteiger partial charge in [0, 0.05) is 25.2 Å². The van der Waals surface area contributed by atoms with Gasteiger partial charge in [0.1, 0.15) is 17.5 Å². The van der Waals surface area contributed by atoms with Gasteiger partial charge in [-0.1, -0.05) is 0 Å². The van der Waals surface area contributed by atoms with Gasteiger partial charge >= 0.3 is 0 Å². The maximum Gasteiger partial charge on any atom is 0.148 e. The van der Waals surface area contributed by atoms with Crippen molar-refractivity contribution in [3.05, 3.63) is 11.4 Å². The average molecular weight is 281 g/mol. The van der Waals surface area contributed by atoms with Crippen molar-refractivity contribution in [3.63, 3.8) is 0 Å². The Labute approximate surface area is 118 Å². The van der Waals surface area contributed by atoms with Crippen LogP contribution in [0.5, 0.6) is 0 Å². The van der Waals surface area contributed by atoms with Gasteiger partial charge in [0.25, 0.3) is 0 Å². The number of rotatable bonds is 8. The lowest BCUT2D eigenvalue weighted by atomic mass is 10.2. The quantitative estimate of drug-likeness (QED) is 0.412. The Hall–Kier alpha value is -1.44. The second-order valence-corrected chi connectivity index (χ2v) is 5.13. The van der Waals surface area contributed by atoms with E-state index in [1.807, 2.05) is 6.92 Å². The standard InChI is InChI=1S/C13H23N5O2/c1-8-11(15-10(5-6-19)7-20-2)16-13(9-3-4-9)17-12(8)18-14/h9-10,19H,3-7,14H2,1-2H3,(H2,15,16,17,18). The third kappa shape index (κ3) is 3.56. The van der Waals surface area contributed by atoms with E-state index < -0.39 is 0 Å². The van der Waals surface area contributed by atoms with Gasteiger partial charge in [-0.05, 0) is 26.2 Å². The van der Waals surface area contributed by atoms with Gasteiger partial charge in [-0.3, -0.25) is 0 Å². The van der Waals surface area contributed by atoms with Crippen LogP contribution >= 0.6 is 0 Å². The first-order valence-electron chi connectivity index (χ1n) is 6.91. The largest absolute Gasteiger partial charge is 0.396 e. The third-order valence-electron chi connectivity index (χ3n) is 3.43. The summed E-state index contributed by atoms with van der Waals surface area (Å²) in [6.07, 6.45) is 2.86. The number of hydrazine groups is 1. The summed E-state index contributed by atoms with van der Waals surface area (Å²) < 4.78 is 5.16. The molecule has 1 aromatic rings. The first-order chi connectivity index (χ1) is 9.69. The summed E-state index contributed by atoms with van der Waals surface area (Å²) >= 11 is 0. The summed E-state index contributed by atoms with van der Waals surface area (Å²) in [6.45, 7) is 2.52. The van der Waals surface area contributed by atoms with Crippen LogP contribution in [-0.4, -0.2) is 41.4 Å². The van der Waals surface area contributed by atoms with Crippen LogP contribution in [0.1, 0.15) is 36.6 Å². The van der Waals surface area contributed by atoms with E-state index in [1.165, 1.54) is 0 Å². The molecule has 0 aliphatic heterocycles. The molecule has 1 fully saturated rings. The van der Waals surface area contributed by atoms with Crippen molar-refractivity contribution in [3.8, 4) is 0 Å². The third-order valence-corrected chi connectivity index (χ3v) is 3.43. The molecule has 2 rings (SSSR count). The smallest absolute Gasteiger partial charge is 0.148 e. The molecule has 1 unspecified atom stereocenters. The number of aliphatic hydroxyl groups is 1. The van der Waals surface area contributed by atoms with E-state index >= 15 is 0 Å². The van der Waals surface area contributed by atoms with Gasteiger partial charge < -0.3 is 20.6 Å². The number of nitrogen functional groups attached to an aromatic ring is 1. The first kappa shape index (κ1) is 15.0.